The first kappa shape index (κ1) is 21.9. The third-order valence-electron chi connectivity index (χ3n) is 4.99. The van der Waals surface area contributed by atoms with E-state index in [9.17, 15) is 9.59 Å². The van der Waals surface area contributed by atoms with Crippen LogP contribution in [0, 0.1) is 13.8 Å². The molecule has 0 saturated heterocycles. The Morgan fingerprint density at radius 3 is 2.52 bits per heavy atom. The number of methoxy groups -OCH3 is 1. The van der Waals surface area contributed by atoms with Crippen molar-refractivity contribution in [3.63, 3.8) is 0 Å². The summed E-state index contributed by atoms with van der Waals surface area (Å²) in [6, 6.07) is 17.3. The SMILES string of the molecule is COc1ccc(C)cc1NC(=O)Nc1ccccc1OCc1cc(=O)n2ccc(C)cc2n1. The van der Waals surface area contributed by atoms with E-state index in [2.05, 4.69) is 15.6 Å². The number of carbonyl (C=O) groups is 1. The smallest absolute Gasteiger partial charge is 0.323 e. The minimum absolute atomic E-state index is 0.0751. The molecule has 2 aromatic carbocycles. The first-order valence-electron chi connectivity index (χ1n) is 10.4. The van der Waals surface area contributed by atoms with Gasteiger partial charge in [0.15, 0.2) is 0 Å². The molecule has 0 aliphatic carbocycles. The number of urea groups is 1. The van der Waals surface area contributed by atoms with Crippen LogP contribution in [0.15, 0.2) is 71.7 Å². The molecule has 4 rings (SSSR count). The molecule has 8 nitrogen and oxygen atoms in total. The lowest BCUT2D eigenvalue weighted by Gasteiger charge is -2.14. The maximum absolute atomic E-state index is 12.6. The number of rotatable bonds is 6. The van der Waals surface area contributed by atoms with E-state index >= 15 is 0 Å². The van der Waals surface area contributed by atoms with Crippen LogP contribution in [0.1, 0.15) is 16.8 Å². The van der Waals surface area contributed by atoms with Gasteiger partial charge in [-0.25, -0.2) is 9.78 Å². The number of anilines is 2. The lowest BCUT2D eigenvalue weighted by molar-refractivity contribution is 0.261. The van der Waals surface area contributed by atoms with Crippen LogP contribution >= 0.6 is 0 Å². The third-order valence-corrected chi connectivity index (χ3v) is 4.99. The Morgan fingerprint density at radius 2 is 1.70 bits per heavy atom. The van der Waals surface area contributed by atoms with Crippen LogP contribution in [0.2, 0.25) is 0 Å². The van der Waals surface area contributed by atoms with Gasteiger partial charge in [-0.2, -0.15) is 0 Å². The fourth-order valence-corrected chi connectivity index (χ4v) is 3.37. The summed E-state index contributed by atoms with van der Waals surface area (Å²) in [6.45, 7) is 3.94. The van der Waals surface area contributed by atoms with Crippen LogP contribution in [0.4, 0.5) is 16.2 Å². The molecule has 0 atom stereocenters. The molecular formula is C25H24N4O4. The highest BCUT2D eigenvalue weighted by atomic mass is 16.5. The minimum Gasteiger partial charge on any atom is -0.495 e. The maximum atomic E-state index is 12.6. The zero-order valence-electron chi connectivity index (χ0n) is 18.6. The molecule has 2 aromatic heterocycles. The van der Waals surface area contributed by atoms with Crippen LogP contribution in [0.5, 0.6) is 11.5 Å². The van der Waals surface area contributed by atoms with Gasteiger partial charge < -0.3 is 20.1 Å². The summed E-state index contributed by atoms with van der Waals surface area (Å²) in [4.78, 5) is 29.5. The number of nitrogens with one attached hydrogen (secondary N) is 2. The molecule has 2 heterocycles. The van der Waals surface area contributed by atoms with Gasteiger partial charge in [-0.15, -0.1) is 0 Å². The topological polar surface area (TPSA) is 94.0 Å². The van der Waals surface area contributed by atoms with Gasteiger partial charge in [0.05, 0.1) is 24.2 Å². The summed E-state index contributed by atoms with van der Waals surface area (Å²) >= 11 is 0. The van der Waals surface area contributed by atoms with Crippen LogP contribution in [-0.2, 0) is 6.61 Å². The Hall–Kier alpha value is -4.33. The Kier molecular flexibility index (Phi) is 6.26. The van der Waals surface area contributed by atoms with Crippen LogP contribution < -0.4 is 25.7 Å². The quantitative estimate of drug-likeness (QED) is 0.455. The number of nitrogens with zero attached hydrogens (tertiary/aromatic N) is 2. The van der Waals surface area contributed by atoms with Crippen molar-refractivity contribution in [3.05, 3.63) is 94.0 Å². The maximum Gasteiger partial charge on any atom is 0.323 e. The van der Waals surface area contributed by atoms with Crippen molar-refractivity contribution < 1.29 is 14.3 Å². The molecule has 2 N–H and O–H groups in total. The zero-order chi connectivity index (χ0) is 23.4. The number of hydrogen-bond donors (Lipinski definition) is 2. The number of amides is 2. The first-order chi connectivity index (χ1) is 15.9. The molecule has 168 valence electrons. The molecule has 0 saturated carbocycles. The van der Waals surface area contributed by atoms with Crippen LogP contribution in [0.25, 0.3) is 5.65 Å². The second kappa shape index (κ2) is 9.44. The number of fused-ring (bicyclic) bond motifs is 1. The molecular weight excluding hydrogens is 420 g/mol. The van der Waals surface area contributed by atoms with E-state index < -0.39 is 6.03 Å². The number of benzene rings is 2. The van der Waals surface area contributed by atoms with E-state index in [1.807, 2.05) is 38.1 Å². The number of pyridine rings is 1. The minimum atomic E-state index is -0.438. The molecule has 0 unspecified atom stereocenters. The Labute approximate surface area is 190 Å². The Balaban J connectivity index is 1.49. The summed E-state index contributed by atoms with van der Waals surface area (Å²) in [5, 5.41) is 5.60. The van der Waals surface area contributed by atoms with Crippen LogP contribution in [0.3, 0.4) is 0 Å². The molecule has 33 heavy (non-hydrogen) atoms. The van der Waals surface area contributed by atoms with Crippen molar-refractivity contribution in [2.24, 2.45) is 0 Å². The summed E-state index contributed by atoms with van der Waals surface area (Å²) in [5.74, 6) is 1.01. The number of carbonyl (C=O) groups excluding carboxylic acids is 1. The van der Waals surface area contributed by atoms with E-state index in [1.165, 1.54) is 10.5 Å². The highest BCUT2D eigenvalue weighted by Gasteiger charge is 2.12. The van der Waals surface area contributed by atoms with Gasteiger partial charge in [-0.1, -0.05) is 18.2 Å². The summed E-state index contributed by atoms with van der Waals surface area (Å²) in [5.41, 5.74) is 3.90. The molecule has 0 radical (unpaired) electrons. The second-order valence-electron chi connectivity index (χ2n) is 7.59. The average molecular weight is 444 g/mol. The first-order valence-corrected chi connectivity index (χ1v) is 10.4. The van der Waals surface area contributed by atoms with E-state index in [0.717, 1.165) is 11.1 Å². The number of aryl methyl sites for hydroxylation is 2. The largest absolute Gasteiger partial charge is 0.495 e. The van der Waals surface area contributed by atoms with Gasteiger partial charge in [0, 0.05) is 12.3 Å². The fourth-order valence-electron chi connectivity index (χ4n) is 3.37. The monoisotopic (exact) mass is 444 g/mol. The summed E-state index contributed by atoms with van der Waals surface area (Å²) in [7, 11) is 1.55. The van der Waals surface area contributed by atoms with E-state index in [1.54, 1.807) is 43.6 Å². The second-order valence-corrected chi connectivity index (χ2v) is 7.59. The molecule has 0 aliphatic rings. The highest BCUT2D eigenvalue weighted by molar-refractivity contribution is 6.01. The van der Waals surface area contributed by atoms with Crippen molar-refractivity contribution >= 4 is 23.1 Å². The van der Waals surface area contributed by atoms with Gasteiger partial charge in [0.1, 0.15) is 23.8 Å². The standard InChI is InChI=1S/C25H24N4O4/c1-16-8-9-21(32-3)20(12-16)28-25(31)27-19-6-4-5-7-22(19)33-15-18-14-24(30)29-11-10-17(2)13-23(29)26-18/h4-14H,15H2,1-3H3,(H2,27,28,31). The molecule has 4 aromatic rings. The molecule has 0 bridgehead atoms. The molecule has 8 heteroatoms. The fraction of sp³-hybridized carbons (Fsp3) is 0.160. The lowest BCUT2D eigenvalue weighted by Crippen LogP contribution is -2.20. The van der Waals surface area contributed by atoms with Crippen molar-refractivity contribution in [2.75, 3.05) is 17.7 Å². The lowest BCUT2D eigenvalue weighted by atomic mass is 10.2. The predicted molar refractivity (Wildman–Crippen MR) is 127 cm³/mol. The van der Waals surface area contributed by atoms with Crippen molar-refractivity contribution in [1.82, 2.24) is 9.38 Å². The average Bonchev–Trinajstić information content (AvgIpc) is 2.78. The Morgan fingerprint density at radius 1 is 0.939 bits per heavy atom. The van der Waals surface area contributed by atoms with E-state index in [4.69, 9.17) is 9.47 Å². The molecule has 0 spiro atoms. The van der Waals surface area contributed by atoms with Gasteiger partial charge in [-0.3, -0.25) is 9.20 Å². The number of ether oxygens (including phenoxy) is 2. The highest BCUT2D eigenvalue weighted by Crippen LogP contribution is 2.27. The third kappa shape index (κ3) is 5.12. The summed E-state index contributed by atoms with van der Waals surface area (Å²) in [6.07, 6.45) is 1.70. The van der Waals surface area contributed by atoms with E-state index in [0.29, 0.717) is 34.2 Å². The van der Waals surface area contributed by atoms with Gasteiger partial charge in [0.2, 0.25) is 0 Å². The predicted octanol–water partition coefficient (Wildman–Crippen LogP) is 4.54. The normalized spacial score (nSPS) is 10.6. The summed E-state index contributed by atoms with van der Waals surface area (Å²) < 4.78 is 12.7. The number of para-hydroxylation sites is 2. The van der Waals surface area contributed by atoms with Crippen LogP contribution in [-0.4, -0.2) is 22.5 Å². The number of hydrogen-bond acceptors (Lipinski definition) is 5. The molecule has 0 fully saturated rings. The van der Waals surface area contributed by atoms with Gasteiger partial charge in [0.25, 0.3) is 5.56 Å². The molecule has 0 aliphatic heterocycles. The zero-order valence-corrected chi connectivity index (χ0v) is 18.6. The van der Waals surface area contributed by atoms with E-state index in [-0.39, 0.29) is 12.2 Å². The van der Waals surface area contributed by atoms with Crippen molar-refractivity contribution in [1.29, 1.82) is 0 Å². The van der Waals surface area contributed by atoms with Gasteiger partial charge >= 0.3 is 6.03 Å². The molecule has 2 amide bonds. The number of aromatic nitrogens is 2. The van der Waals surface area contributed by atoms with Gasteiger partial charge in [-0.05, 0) is 61.4 Å². The van der Waals surface area contributed by atoms with Crippen molar-refractivity contribution in [2.45, 2.75) is 20.5 Å². The van der Waals surface area contributed by atoms with Crippen molar-refractivity contribution in [3.8, 4) is 11.5 Å². The Bertz CT molecular complexity index is 1380.